The molecule has 3 heterocycles. The predicted octanol–water partition coefficient (Wildman–Crippen LogP) is 3.64. The van der Waals surface area contributed by atoms with E-state index in [4.69, 9.17) is 4.42 Å². The first-order valence-electron chi connectivity index (χ1n) is 10.5. The van der Waals surface area contributed by atoms with Crippen LogP contribution in [0.4, 0.5) is 20.6 Å². The molecule has 4 amide bonds. The van der Waals surface area contributed by atoms with Gasteiger partial charge in [0.25, 0.3) is 5.91 Å². The van der Waals surface area contributed by atoms with Crippen molar-refractivity contribution in [2.45, 2.75) is 49.9 Å². The average Bonchev–Trinajstić information content (AvgIpc) is 3.44. The average molecular weight is 461 g/mol. The quantitative estimate of drug-likeness (QED) is 0.355. The Morgan fingerprint density at radius 1 is 1.22 bits per heavy atom. The molecule has 8 nitrogen and oxygen atoms in total. The summed E-state index contributed by atoms with van der Waals surface area (Å²) in [4.78, 5) is 36.0. The van der Waals surface area contributed by atoms with Gasteiger partial charge in [0.15, 0.2) is 0 Å². The van der Waals surface area contributed by atoms with Crippen molar-refractivity contribution in [2.75, 3.05) is 16.4 Å². The summed E-state index contributed by atoms with van der Waals surface area (Å²) >= 11 is 1.85. The van der Waals surface area contributed by atoms with Gasteiger partial charge in [-0.15, -0.1) is 0 Å². The van der Waals surface area contributed by atoms with Crippen LogP contribution in [-0.2, 0) is 4.79 Å². The lowest BCUT2D eigenvalue weighted by atomic mass is 10.0. The first kappa shape index (κ1) is 22.2. The number of hydrogen-bond acceptors (Lipinski definition) is 5. The molecule has 0 spiro atoms. The van der Waals surface area contributed by atoms with Gasteiger partial charge < -0.3 is 25.7 Å². The van der Waals surface area contributed by atoms with Gasteiger partial charge in [-0.2, -0.15) is 11.8 Å². The van der Waals surface area contributed by atoms with Crippen molar-refractivity contribution < 1.29 is 23.2 Å². The van der Waals surface area contributed by atoms with Crippen LogP contribution in [-0.4, -0.2) is 40.9 Å². The van der Waals surface area contributed by atoms with Gasteiger partial charge in [-0.3, -0.25) is 9.59 Å². The van der Waals surface area contributed by atoms with Crippen molar-refractivity contribution in [1.82, 2.24) is 10.6 Å². The molecular weight excluding hydrogens is 435 g/mol. The lowest BCUT2D eigenvalue weighted by Crippen LogP contribution is -2.36. The Bertz CT molecular complexity index is 1030. The maximum atomic E-state index is 14.1. The fourth-order valence-corrected chi connectivity index (χ4v) is 5.55. The number of furan rings is 1. The van der Waals surface area contributed by atoms with Gasteiger partial charge in [0.2, 0.25) is 5.91 Å². The topological polar surface area (TPSA) is 112 Å². The van der Waals surface area contributed by atoms with Crippen LogP contribution in [0, 0.1) is 12.7 Å². The zero-order valence-electron chi connectivity index (χ0n) is 17.6. The van der Waals surface area contributed by atoms with Gasteiger partial charge in [0.05, 0.1) is 29.6 Å². The molecule has 10 heteroatoms. The molecule has 4 N–H and O–H groups in total. The zero-order valence-corrected chi connectivity index (χ0v) is 18.4. The van der Waals surface area contributed by atoms with Crippen LogP contribution in [0.1, 0.15) is 41.8 Å². The minimum absolute atomic E-state index is 0.0200. The summed E-state index contributed by atoms with van der Waals surface area (Å²) in [7, 11) is 0. The molecule has 32 heavy (non-hydrogen) atoms. The minimum atomic E-state index is -0.599. The second kappa shape index (κ2) is 9.64. The number of halogens is 1. The van der Waals surface area contributed by atoms with E-state index in [0.29, 0.717) is 35.1 Å². The molecule has 1 aromatic carbocycles. The minimum Gasteiger partial charge on any atom is -0.469 e. The second-order valence-corrected chi connectivity index (χ2v) is 9.23. The molecule has 3 atom stereocenters. The van der Waals surface area contributed by atoms with Crippen LogP contribution in [0.25, 0.3) is 0 Å². The Morgan fingerprint density at radius 2 is 2.06 bits per heavy atom. The Labute approximate surface area is 189 Å². The molecule has 0 saturated carbocycles. The van der Waals surface area contributed by atoms with Crippen LogP contribution >= 0.6 is 11.8 Å². The zero-order chi connectivity index (χ0) is 22.7. The van der Waals surface area contributed by atoms with Crippen molar-refractivity contribution in [1.29, 1.82) is 0 Å². The summed E-state index contributed by atoms with van der Waals surface area (Å²) in [6.45, 7) is 1.65. The highest BCUT2D eigenvalue weighted by atomic mass is 32.2. The second-order valence-electron chi connectivity index (χ2n) is 7.96. The van der Waals surface area contributed by atoms with E-state index in [-0.39, 0.29) is 29.7 Å². The van der Waals surface area contributed by atoms with Crippen LogP contribution in [0.15, 0.2) is 34.9 Å². The van der Waals surface area contributed by atoms with E-state index in [0.717, 1.165) is 18.6 Å². The number of urea groups is 1. The number of amides is 4. The number of fused-ring (bicyclic) bond motifs is 1. The summed E-state index contributed by atoms with van der Waals surface area (Å²) in [5, 5.41) is 11.5. The highest BCUT2D eigenvalue weighted by molar-refractivity contribution is 8.00. The van der Waals surface area contributed by atoms with Crippen molar-refractivity contribution in [3.05, 3.63) is 47.7 Å². The Balaban J connectivity index is 1.23. The molecule has 0 radical (unpaired) electrons. The molecule has 0 aliphatic carbocycles. The van der Waals surface area contributed by atoms with Gasteiger partial charge >= 0.3 is 6.03 Å². The standard InChI is InChI=1S/C22H25FN4O4S/c1-12-14(8-9-31-12)21(29)25-16-10-13(6-7-15(16)23)24-19(28)5-3-2-4-18-20-17(11-32-18)26-22(30)27-20/h6-10,17-18,20H,2-5,11H2,1H3,(H,24,28)(H,25,29)(H2,26,27,30). The summed E-state index contributed by atoms with van der Waals surface area (Å²) in [6, 6.07) is 5.83. The number of aryl methyl sites for hydroxylation is 1. The van der Waals surface area contributed by atoms with Crippen molar-refractivity contribution in [3.63, 3.8) is 0 Å². The lowest BCUT2D eigenvalue weighted by molar-refractivity contribution is -0.116. The SMILES string of the molecule is Cc1occc1C(=O)Nc1cc(NC(=O)CCCCC2SCC3NC(=O)NC32)ccc1F. The maximum absolute atomic E-state index is 14.1. The predicted molar refractivity (Wildman–Crippen MR) is 120 cm³/mol. The molecule has 2 aliphatic heterocycles. The normalized spacial score (nSPS) is 21.6. The number of hydrogen-bond donors (Lipinski definition) is 4. The molecule has 4 rings (SSSR count). The Morgan fingerprint density at radius 3 is 2.84 bits per heavy atom. The number of anilines is 2. The first-order chi connectivity index (χ1) is 15.4. The third-order valence-corrected chi connectivity index (χ3v) is 7.19. The highest BCUT2D eigenvalue weighted by Crippen LogP contribution is 2.33. The molecule has 1 aromatic heterocycles. The summed E-state index contributed by atoms with van der Waals surface area (Å²) in [6.07, 6.45) is 4.25. The first-order valence-corrected chi connectivity index (χ1v) is 11.6. The molecule has 0 bridgehead atoms. The number of rotatable bonds is 8. The van der Waals surface area contributed by atoms with E-state index in [1.165, 1.54) is 30.5 Å². The van der Waals surface area contributed by atoms with Gasteiger partial charge in [-0.05, 0) is 44.0 Å². The molecular formula is C22H25FN4O4S. The molecule has 170 valence electrons. The molecule has 2 aromatic rings. The largest absolute Gasteiger partial charge is 0.469 e. The number of benzene rings is 1. The molecule has 3 unspecified atom stereocenters. The van der Waals surface area contributed by atoms with Gasteiger partial charge in [0.1, 0.15) is 11.6 Å². The van der Waals surface area contributed by atoms with Gasteiger partial charge in [-0.25, -0.2) is 9.18 Å². The summed E-state index contributed by atoms with van der Waals surface area (Å²) in [5.41, 5.74) is 0.705. The highest BCUT2D eigenvalue weighted by Gasteiger charge is 2.42. The number of nitrogens with one attached hydrogen (secondary N) is 4. The van der Waals surface area contributed by atoms with Gasteiger partial charge in [0, 0.05) is 23.1 Å². The van der Waals surface area contributed by atoms with E-state index >= 15 is 0 Å². The lowest BCUT2D eigenvalue weighted by Gasteiger charge is -2.16. The third kappa shape index (κ3) is 5.07. The van der Waals surface area contributed by atoms with E-state index in [9.17, 15) is 18.8 Å². The number of carbonyl (C=O) groups excluding carboxylic acids is 3. The Hall–Kier alpha value is -3.01. The number of carbonyl (C=O) groups is 3. The number of thioether (sulfide) groups is 1. The van der Waals surface area contributed by atoms with Crippen LogP contribution in [0.3, 0.4) is 0 Å². The van der Waals surface area contributed by atoms with Crippen molar-refractivity contribution >= 4 is 41.0 Å². The van der Waals surface area contributed by atoms with Crippen LogP contribution in [0.5, 0.6) is 0 Å². The molecule has 2 fully saturated rings. The molecule has 2 saturated heterocycles. The van der Waals surface area contributed by atoms with Crippen LogP contribution < -0.4 is 21.3 Å². The smallest absolute Gasteiger partial charge is 0.315 e. The maximum Gasteiger partial charge on any atom is 0.315 e. The Kier molecular flexibility index (Phi) is 6.69. The van der Waals surface area contributed by atoms with E-state index in [1.807, 2.05) is 11.8 Å². The van der Waals surface area contributed by atoms with E-state index < -0.39 is 11.7 Å². The summed E-state index contributed by atoms with van der Waals surface area (Å²) < 4.78 is 19.2. The fourth-order valence-electron chi connectivity index (χ4n) is 4.01. The van der Waals surface area contributed by atoms with Crippen molar-refractivity contribution in [3.8, 4) is 0 Å². The van der Waals surface area contributed by atoms with E-state index in [1.54, 1.807) is 6.92 Å². The van der Waals surface area contributed by atoms with Gasteiger partial charge in [-0.1, -0.05) is 6.42 Å². The van der Waals surface area contributed by atoms with E-state index in [2.05, 4.69) is 21.3 Å². The monoisotopic (exact) mass is 460 g/mol. The third-order valence-electron chi connectivity index (χ3n) is 5.68. The van der Waals surface area contributed by atoms with Crippen LogP contribution in [0.2, 0.25) is 0 Å². The fraction of sp³-hybridized carbons (Fsp3) is 0.409. The van der Waals surface area contributed by atoms with Crippen molar-refractivity contribution in [2.24, 2.45) is 0 Å². The molecule has 2 aliphatic rings. The summed E-state index contributed by atoms with van der Waals surface area (Å²) in [5.74, 6) is 0.0912. The number of unbranched alkanes of at least 4 members (excludes halogenated alkanes) is 1.